The molecule has 3 saturated heterocycles. The number of fused-ring (bicyclic) bond motifs is 3. The van der Waals surface area contributed by atoms with Gasteiger partial charge in [0.1, 0.15) is 5.82 Å². The van der Waals surface area contributed by atoms with Gasteiger partial charge in [0.2, 0.25) is 0 Å². The molecule has 0 spiro atoms. The summed E-state index contributed by atoms with van der Waals surface area (Å²) in [5, 5.41) is 6.79. The fraction of sp³-hybridized carbons (Fsp3) is 0.391. The number of hydrogen-bond donors (Lipinski definition) is 2. The molecule has 3 aromatic heterocycles. The van der Waals surface area contributed by atoms with Crippen molar-refractivity contribution in [1.82, 2.24) is 25.2 Å². The van der Waals surface area contributed by atoms with E-state index in [1.165, 1.54) is 29.3 Å². The quantitative estimate of drug-likeness (QED) is 0.511. The van der Waals surface area contributed by atoms with E-state index in [1.54, 1.807) is 18.5 Å². The molecule has 6 rings (SSSR count). The summed E-state index contributed by atoms with van der Waals surface area (Å²) in [4.78, 5) is 28.2. The van der Waals surface area contributed by atoms with E-state index in [-0.39, 0.29) is 11.1 Å². The zero-order valence-corrected chi connectivity index (χ0v) is 19.9. The molecular weight excluding hydrogens is 459 g/mol. The van der Waals surface area contributed by atoms with E-state index >= 15 is 4.39 Å². The number of nitrogens with one attached hydrogen (secondary N) is 2. The van der Waals surface area contributed by atoms with Crippen LogP contribution in [0.5, 0.6) is 0 Å². The number of halogens is 1. The fourth-order valence-electron chi connectivity index (χ4n) is 4.36. The van der Waals surface area contributed by atoms with Gasteiger partial charge in [-0.2, -0.15) is 0 Å². The van der Waals surface area contributed by atoms with E-state index in [1.807, 2.05) is 19.1 Å². The molecule has 6 heterocycles. The number of rotatable bonds is 7. The number of thiazole rings is 1. The molecule has 0 radical (unpaired) electrons. The maximum absolute atomic E-state index is 15.2. The third-order valence-corrected chi connectivity index (χ3v) is 8.46. The first-order valence-corrected chi connectivity index (χ1v) is 12.6. The van der Waals surface area contributed by atoms with Crippen molar-refractivity contribution < 1.29 is 9.18 Å². The van der Waals surface area contributed by atoms with Crippen LogP contribution in [0.3, 0.4) is 0 Å². The van der Waals surface area contributed by atoms with Gasteiger partial charge >= 0.3 is 0 Å². The summed E-state index contributed by atoms with van der Waals surface area (Å²) < 4.78 is 16.0. The molecular formula is C23H25FN6OS2. The maximum atomic E-state index is 15.2. The summed E-state index contributed by atoms with van der Waals surface area (Å²) >= 11 is 2.63. The Morgan fingerprint density at radius 3 is 2.70 bits per heavy atom. The molecule has 3 aromatic rings. The number of amides is 1. The number of hydrogen-bond acceptors (Lipinski definition) is 8. The summed E-state index contributed by atoms with van der Waals surface area (Å²) in [7, 11) is 0. The second-order valence-electron chi connectivity index (χ2n) is 8.68. The highest BCUT2D eigenvalue weighted by Crippen LogP contribution is 2.39. The smallest absolute Gasteiger partial charge is 0.272 e. The highest BCUT2D eigenvalue weighted by molar-refractivity contribution is 8.01. The van der Waals surface area contributed by atoms with Gasteiger partial charge in [0, 0.05) is 18.9 Å². The van der Waals surface area contributed by atoms with Crippen molar-refractivity contribution in [3.63, 3.8) is 0 Å². The predicted octanol–water partition coefficient (Wildman–Crippen LogP) is 4.49. The number of pyridine rings is 2. The molecule has 3 aliphatic rings. The molecule has 2 bridgehead atoms. The summed E-state index contributed by atoms with van der Waals surface area (Å²) in [5.74, 6) is -0.341. The van der Waals surface area contributed by atoms with E-state index in [0.717, 1.165) is 48.7 Å². The van der Waals surface area contributed by atoms with Crippen LogP contribution >= 0.6 is 23.1 Å². The SMILES string of the molecule is Cc1ccnc(Nc2ncc(Sc3ccnc(C(=O)NCC45CCN(CC4)CC5)c3F)s2)c1. The minimum absolute atomic E-state index is 0.144. The molecule has 7 nitrogen and oxygen atoms in total. The van der Waals surface area contributed by atoms with Crippen LogP contribution in [-0.4, -0.2) is 51.9 Å². The maximum Gasteiger partial charge on any atom is 0.272 e. The molecule has 0 aliphatic carbocycles. The number of carbonyl (C=O) groups excluding carboxylic acids is 1. The van der Waals surface area contributed by atoms with Crippen molar-refractivity contribution in [3.05, 3.63) is 53.9 Å². The van der Waals surface area contributed by atoms with E-state index in [4.69, 9.17) is 0 Å². The lowest BCUT2D eigenvalue weighted by molar-refractivity contribution is 0.0261. The van der Waals surface area contributed by atoms with Gasteiger partial charge in [-0.1, -0.05) is 23.1 Å². The molecule has 33 heavy (non-hydrogen) atoms. The summed E-state index contributed by atoms with van der Waals surface area (Å²) in [6.07, 6.45) is 8.14. The van der Waals surface area contributed by atoms with Crippen molar-refractivity contribution >= 4 is 40.0 Å². The Kier molecular flexibility index (Phi) is 6.31. The van der Waals surface area contributed by atoms with E-state index in [9.17, 15) is 4.79 Å². The molecule has 2 N–H and O–H groups in total. The molecule has 0 unspecified atom stereocenters. The first kappa shape index (κ1) is 22.2. The lowest BCUT2D eigenvalue weighted by atomic mass is 9.72. The third kappa shape index (κ3) is 5.02. The van der Waals surface area contributed by atoms with Crippen molar-refractivity contribution in [2.24, 2.45) is 5.41 Å². The highest BCUT2D eigenvalue weighted by Gasteiger charge is 2.39. The average molecular weight is 485 g/mol. The van der Waals surface area contributed by atoms with Gasteiger partial charge in [-0.3, -0.25) is 4.79 Å². The Bertz CT molecular complexity index is 1150. The number of aromatic nitrogens is 3. The Balaban J connectivity index is 1.24. The number of aryl methyl sites for hydroxylation is 1. The van der Waals surface area contributed by atoms with Crippen LogP contribution in [-0.2, 0) is 0 Å². The zero-order chi connectivity index (χ0) is 22.8. The van der Waals surface area contributed by atoms with Crippen molar-refractivity contribution in [1.29, 1.82) is 0 Å². The summed E-state index contributed by atoms with van der Waals surface area (Å²) in [6.45, 7) is 5.82. The Hall–Kier alpha value is -2.56. The fourth-order valence-corrected chi connectivity index (χ4v) is 6.23. The molecule has 0 aromatic carbocycles. The van der Waals surface area contributed by atoms with E-state index in [0.29, 0.717) is 22.4 Å². The lowest BCUT2D eigenvalue weighted by Gasteiger charge is -2.48. The van der Waals surface area contributed by atoms with Crippen LogP contribution in [0.4, 0.5) is 15.3 Å². The minimum atomic E-state index is -0.598. The summed E-state index contributed by atoms with van der Waals surface area (Å²) in [6, 6.07) is 5.44. The molecule has 1 amide bonds. The van der Waals surface area contributed by atoms with Crippen molar-refractivity contribution in [2.75, 3.05) is 31.5 Å². The van der Waals surface area contributed by atoms with Gasteiger partial charge in [-0.15, -0.1) is 0 Å². The van der Waals surface area contributed by atoms with Gasteiger partial charge in [0.05, 0.1) is 15.3 Å². The second-order valence-corrected chi connectivity index (χ2v) is 11.0. The number of anilines is 2. The largest absolute Gasteiger partial charge is 0.350 e. The third-order valence-electron chi connectivity index (χ3n) is 6.41. The normalized spacial score (nSPS) is 21.7. The molecule has 10 heteroatoms. The van der Waals surface area contributed by atoms with Gasteiger partial charge in [0.15, 0.2) is 16.6 Å². The Morgan fingerprint density at radius 2 is 1.94 bits per heavy atom. The second kappa shape index (κ2) is 9.36. The van der Waals surface area contributed by atoms with E-state index in [2.05, 4.69) is 30.5 Å². The number of nitrogens with zero attached hydrogens (tertiary/aromatic N) is 4. The van der Waals surface area contributed by atoms with Crippen LogP contribution < -0.4 is 10.6 Å². The van der Waals surface area contributed by atoms with Crippen molar-refractivity contribution in [2.45, 2.75) is 35.3 Å². The lowest BCUT2D eigenvalue weighted by Crippen LogP contribution is -2.52. The van der Waals surface area contributed by atoms with Gasteiger partial charge in [-0.05, 0) is 75.0 Å². The first-order valence-electron chi connectivity index (χ1n) is 11.0. The molecule has 0 saturated carbocycles. The average Bonchev–Trinajstić information content (AvgIpc) is 3.27. The van der Waals surface area contributed by atoms with Gasteiger partial charge < -0.3 is 15.5 Å². The zero-order valence-electron chi connectivity index (χ0n) is 18.3. The molecule has 0 atom stereocenters. The standard InChI is InChI=1S/C23H25FN6OS2/c1-15-2-7-25-17(12-15)29-22-27-13-18(33-22)32-16-3-8-26-20(19(16)24)21(31)28-14-23-4-9-30(10-5-23)11-6-23/h2-3,7-8,12-13H,4-6,9-11,14H2,1H3,(H,28,31)(H,25,27,29). The molecule has 3 fully saturated rings. The van der Waals surface area contributed by atoms with E-state index < -0.39 is 11.7 Å². The number of piperidine rings is 3. The van der Waals surface area contributed by atoms with Crippen LogP contribution in [0.25, 0.3) is 0 Å². The van der Waals surface area contributed by atoms with Crippen LogP contribution in [0, 0.1) is 18.2 Å². The molecule has 3 aliphatic heterocycles. The van der Waals surface area contributed by atoms with Crippen LogP contribution in [0.2, 0.25) is 0 Å². The Labute approximate surface area is 200 Å². The van der Waals surface area contributed by atoms with Gasteiger partial charge in [-0.25, -0.2) is 19.3 Å². The monoisotopic (exact) mass is 484 g/mol. The Morgan fingerprint density at radius 1 is 1.18 bits per heavy atom. The van der Waals surface area contributed by atoms with Crippen molar-refractivity contribution in [3.8, 4) is 0 Å². The minimum Gasteiger partial charge on any atom is -0.350 e. The predicted molar refractivity (Wildman–Crippen MR) is 128 cm³/mol. The van der Waals surface area contributed by atoms with Crippen LogP contribution in [0.1, 0.15) is 35.3 Å². The topological polar surface area (TPSA) is 83.0 Å². The van der Waals surface area contributed by atoms with Crippen LogP contribution in [0.15, 0.2) is 45.9 Å². The highest BCUT2D eigenvalue weighted by atomic mass is 32.2. The molecule has 172 valence electrons. The number of carbonyl (C=O) groups is 1. The first-order chi connectivity index (χ1) is 16.0. The van der Waals surface area contributed by atoms with Gasteiger partial charge in [0.25, 0.3) is 5.91 Å². The summed E-state index contributed by atoms with van der Waals surface area (Å²) in [5.41, 5.74) is 1.08.